The molecular formula is C8H11NO3S. The molecule has 0 radical (unpaired) electrons. The second kappa shape index (κ2) is 4.34. The average molecular weight is 201 g/mol. The standard InChI is InChI=1S/C8H11NO3S/c1-5(8(10)11)12-4-7-3-9-6(2)13-7/h3,5H,4H2,1-2H3,(H,10,11)/t5-/m1/s1. The third-order valence-corrected chi connectivity index (χ3v) is 2.38. The first-order valence-corrected chi connectivity index (χ1v) is 4.67. The molecule has 1 heterocycles. The van der Waals surface area contributed by atoms with Gasteiger partial charge in [0.2, 0.25) is 0 Å². The van der Waals surface area contributed by atoms with E-state index in [-0.39, 0.29) is 0 Å². The first-order chi connectivity index (χ1) is 6.09. The molecule has 1 aromatic rings. The summed E-state index contributed by atoms with van der Waals surface area (Å²) < 4.78 is 5.07. The van der Waals surface area contributed by atoms with Crippen molar-refractivity contribution in [1.29, 1.82) is 0 Å². The van der Waals surface area contributed by atoms with Crippen molar-refractivity contribution in [2.75, 3.05) is 0 Å². The second-order valence-corrected chi connectivity index (χ2v) is 3.96. The van der Waals surface area contributed by atoms with E-state index in [1.54, 1.807) is 6.20 Å². The van der Waals surface area contributed by atoms with E-state index in [9.17, 15) is 4.79 Å². The summed E-state index contributed by atoms with van der Waals surface area (Å²) >= 11 is 1.51. The molecule has 0 unspecified atom stereocenters. The Labute approximate surface area is 80.2 Å². The summed E-state index contributed by atoms with van der Waals surface area (Å²) in [5.41, 5.74) is 0. The van der Waals surface area contributed by atoms with Gasteiger partial charge in [-0.2, -0.15) is 0 Å². The van der Waals surface area contributed by atoms with Crippen LogP contribution in [0.4, 0.5) is 0 Å². The number of carboxylic acid groups (broad SMARTS) is 1. The van der Waals surface area contributed by atoms with Crippen molar-refractivity contribution in [2.45, 2.75) is 26.6 Å². The summed E-state index contributed by atoms with van der Waals surface area (Å²) in [5, 5.41) is 9.49. The minimum absolute atomic E-state index is 0.318. The van der Waals surface area contributed by atoms with Crippen LogP contribution < -0.4 is 0 Å². The lowest BCUT2D eigenvalue weighted by atomic mass is 10.4. The number of hydrogen-bond acceptors (Lipinski definition) is 4. The van der Waals surface area contributed by atoms with Crippen LogP contribution in [0.25, 0.3) is 0 Å². The molecule has 1 atom stereocenters. The summed E-state index contributed by atoms with van der Waals surface area (Å²) in [6.45, 7) is 3.73. The Morgan fingerprint density at radius 2 is 2.54 bits per heavy atom. The van der Waals surface area contributed by atoms with Crippen LogP contribution in [0.15, 0.2) is 6.20 Å². The number of aryl methyl sites for hydroxylation is 1. The fourth-order valence-electron chi connectivity index (χ4n) is 0.750. The Morgan fingerprint density at radius 1 is 1.85 bits per heavy atom. The SMILES string of the molecule is Cc1ncc(CO[C@H](C)C(=O)O)s1. The third-order valence-electron chi connectivity index (χ3n) is 1.49. The first kappa shape index (κ1) is 10.1. The van der Waals surface area contributed by atoms with Gasteiger partial charge in [0, 0.05) is 6.20 Å². The predicted molar refractivity (Wildman–Crippen MR) is 48.7 cm³/mol. The molecule has 1 N–H and O–H groups in total. The molecule has 0 bridgehead atoms. The second-order valence-electron chi connectivity index (χ2n) is 2.64. The van der Waals surface area contributed by atoms with Gasteiger partial charge in [-0.15, -0.1) is 11.3 Å². The summed E-state index contributed by atoms with van der Waals surface area (Å²) in [6, 6.07) is 0. The summed E-state index contributed by atoms with van der Waals surface area (Å²) in [5.74, 6) is -0.943. The van der Waals surface area contributed by atoms with E-state index < -0.39 is 12.1 Å². The quantitative estimate of drug-likeness (QED) is 0.800. The number of rotatable bonds is 4. The van der Waals surface area contributed by atoms with Crippen molar-refractivity contribution in [3.63, 3.8) is 0 Å². The largest absolute Gasteiger partial charge is 0.479 e. The Morgan fingerprint density at radius 3 is 3.00 bits per heavy atom. The molecule has 1 aromatic heterocycles. The van der Waals surface area contributed by atoms with E-state index in [0.29, 0.717) is 6.61 Å². The van der Waals surface area contributed by atoms with Gasteiger partial charge in [0.05, 0.1) is 16.5 Å². The highest BCUT2D eigenvalue weighted by Gasteiger charge is 2.11. The van der Waals surface area contributed by atoms with Crippen molar-refractivity contribution in [3.8, 4) is 0 Å². The lowest BCUT2D eigenvalue weighted by molar-refractivity contribution is -0.149. The molecule has 0 saturated heterocycles. The molecule has 0 amide bonds. The molecule has 13 heavy (non-hydrogen) atoms. The van der Waals surface area contributed by atoms with Crippen molar-refractivity contribution in [3.05, 3.63) is 16.1 Å². The molecule has 1 rings (SSSR count). The fourth-order valence-corrected chi connectivity index (χ4v) is 1.47. The van der Waals surface area contributed by atoms with Crippen LogP contribution in [0.2, 0.25) is 0 Å². The van der Waals surface area contributed by atoms with E-state index in [1.165, 1.54) is 18.3 Å². The normalized spacial score (nSPS) is 12.8. The molecule has 0 aromatic carbocycles. The number of carboxylic acids is 1. The number of ether oxygens (including phenoxy) is 1. The zero-order chi connectivity index (χ0) is 9.84. The van der Waals surface area contributed by atoms with Crippen LogP contribution in [0, 0.1) is 6.92 Å². The number of aliphatic carboxylic acids is 1. The van der Waals surface area contributed by atoms with Crippen molar-refractivity contribution in [2.24, 2.45) is 0 Å². The van der Waals surface area contributed by atoms with Gasteiger partial charge in [-0.25, -0.2) is 9.78 Å². The van der Waals surface area contributed by atoms with E-state index in [0.717, 1.165) is 9.88 Å². The molecule has 0 aliphatic carbocycles. The zero-order valence-corrected chi connectivity index (χ0v) is 8.30. The number of carbonyl (C=O) groups is 1. The van der Waals surface area contributed by atoms with Crippen LogP contribution in [0.3, 0.4) is 0 Å². The van der Waals surface area contributed by atoms with Gasteiger partial charge >= 0.3 is 5.97 Å². The maximum absolute atomic E-state index is 10.4. The third kappa shape index (κ3) is 3.12. The highest BCUT2D eigenvalue weighted by atomic mass is 32.1. The van der Waals surface area contributed by atoms with Gasteiger partial charge in [0.15, 0.2) is 6.10 Å². The smallest absolute Gasteiger partial charge is 0.332 e. The minimum Gasteiger partial charge on any atom is -0.479 e. The topological polar surface area (TPSA) is 59.4 Å². The van der Waals surface area contributed by atoms with Gasteiger partial charge in [-0.05, 0) is 13.8 Å². The van der Waals surface area contributed by atoms with Gasteiger partial charge in [-0.3, -0.25) is 0 Å². The summed E-state index contributed by atoms with van der Waals surface area (Å²) in [6.07, 6.45) is 0.941. The Bertz CT molecular complexity index is 297. The van der Waals surface area contributed by atoms with E-state index in [4.69, 9.17) is 9.84 Å². The molecule has 72 valence electrons. The lowest BCUT2D eigenvalue weighted by Gasteiger charge is -2.05. The highest BCUT2D eigenvalue weighted by Crippen LogP contribution is 2.13. The number of hydrogen-bond donors (Lipinski definition) is 1. The van der Waals surface area contributed by atoms with Crippen LogP contribution in [-0.2, 0) is 16.1 Å². The maximum atomic E-state index is 10.4. The minimum atomic E-state index is -0.943. The van der Waals surface area contributed by atoms with E-state index >= 15 is 0 Å². The molecule has 0 aliphatic heterocycles. The maximum Gasteiger partial charge on any atom is 0.332 e. The van der Waals surface area contributed by atoms with Crippen molar-refractivity contribution >= 4 is 17.3 Å². The fraction of sp³-hybridized carbons (Fsp3) is 0.500. The molecular weight excluding hydrogens is 190 g/mol. The van der Waals surface area contributed by atoms with E-state index in [1.807, 2.05) is 6.92 Å². The van der Waals surface area contributed by atoms with Gasteiger partial charge in [-0.1, -0.05) is 0 Å². The first-order valence-electron chi connectivity index (χ1n) is 3.85. The van der Waals surface area contributed by atoms with Crippen LogP contribution in [0.1, 0.15) is 16.8 Å². The Hall–Kier alpha value is -0.940. The molecule has 4 nitrogen and oxygen atoms in total. The Kier molecular flexibility index (Phi) is 3.39. The Balaban J connectivity index is 2.39. The number of thiazole rings is 1. The number of nitrogens with zero attached hydrogens (tertiary/aromatic N) is 1. The number of aromatic nitrogens is 1. The zero-order valence-electron chi connectivity index (χ0n) is 7.48. The van der Waals surface area contributed by atoms with Crippen LogP contribution in [0.5, 0.6) is 0 Å². The van der Waals surface area contributed by atoms with Crippen molar-refractivity contribution in [1.82, 2.24) is 4.98 Å². The van der Waals surface area contributed by atoms with Gasteiger partial charge in [0.25, 0.3) is 0 Å². The monoisotopic (exact) mass is 201 g/mol. The summed E-state index contributed by atoms with van der Waals surface area (Å²) in [4.78, 5) is 15.4. The molecule has 0 spiro atoms. The lowest BCUT2D eigenvalue weighted by Crippen LogP contribution is -2.19. The summed E-state index contributed by atoms with van der Waals surface area (Å²) in [7, 11) is 0. The van der Waals surface area contributed by atoms with Crippen LogP contribution >= 0.6 is 11.3 Å². The van der Waals surface area contributed by atoms with Gasteiger partial charge in [0.1, 0.15) is 0 Å². The molecule has 0 fully saturated rings. The molecule has 0 aliphatic rings. The van der Waals surface area contributed by atoms with Gasteiger partial charge < -0.3 is 9.84 Å². The highest BCUT2D eigenvalue weighted by molar-refractivity contribution is 7.11. The van der Waals surface area contributed by atoms with E-state index in [2.05, 4.69) is 4.98 Å². The van der Waals surface area contributed by atoms with Crippen LogP contribution in [-0.4, -0.2) is 22.2 Å². The predicted octanol–water partition coefficient (Wildman–Crippen LogP) is 1.44. The average Bonchev–Trinajstić information content (AvgIpc) is 2.47. The molecule has 5 heteroatoms. The molecule has 0 saturated carbocycles. The van der Waals surface area contributed by atoms with Crippen molar-refractivity contribution < 1.29 is 14.6 Å².